The first kappa shape index (κ1) is 33.2. The van der Waals surface area contributed by atoms with Gasteiger partial charge in [-0.05, 0) is 55.4 Å². The maximum absolute atomic E-state index is 12.1. The number of rotatable bonds is 16. The van der Waals surface area contributed by atoms with Crippen molar-refractivity contribution in [3.8, 4) is 0 Å². The number of carbonyl (C=O) groups excluding carboxylic acids is 3. The summed E-state index contributed by atoms with van der Waals surface area (Å²) in [6.45, 7) is 17.6. The molecule has 1 rings (SSSR count). The standard InChI is InChI=1S/C26H49N2O9/c1-23(2,16-32-15-14-28(9,10)11)33-17-24(3,4)34-18-25(5,6)35-19-26(7,8)36-22(31)37-27-20(29)12-13-21(27)30/h12-19H2,1-11H3/q+1. The lowest BCUT2D eigenvalue weighted by Crippen LogP contribution is -2.45. The van der Waals surface area contributed by atoms with Gasteiger partial charge in [-0.25, -0.2) is 4.79 Å². The van der Waals surface area contributed by atoms with E-state index in [1.54, 1.807) is 13.8 Å². The van der Waals surface area contributed by atoms with Crippen molar-refractivity contribution in [1.82, 2.24) is 5.06 Å². The van der Waals surface area contributed by atoms with E-state index in [1.807, 2.05) is 41.5 Å². The highest BCUT2D eigenvalue weighted by Crippen LogP contribution is 2.22. The molecular formula is C26H49N2O9+. The molecule has 0 aromatic heterocycles. The topological polar surface area (TPSA) is 110 Å². The first-order valence-corrected chi connectivity index (χ1v) is 12.7. The second-order valence-electron chi connectivity index (χ2n) is 13.0. The number of imide groups is 1. The van der Waals surface area contributed by atoms with E-state index in [0.29, 0.717) is 24.9 Å². The van der Waals surface area contributed by atoms with Crippen LogP contribution in [0.1, 0.15) is 68.2 Å². The van der Waals surface area contributed by atoms with E-state index in [2.05, 4.69) is 21.1 Å². The predicted molar refractivity (Wildman–Crippen MR) is 137 cm³/mol. The van der Waals surface area contributed by atoms with Crippen LogP contribution in [0.25, 0.3) is 0 Å². The minimum absolute atomic E-state index is 0.0103. The maximum Gasteiger partial charge on any atom is 0.534 e. The van der Waals surface area contributed by atoms with Crippen molar-refractivity contribution in [2.45, 2.75) is 90.6 Å². The summed E-state index contributed by atoms with van der Waals surface area (Å²) in [5.41, 5.74) is -2.82. The molecule has 0 aromatic carbocycles. The van der Waals surface area contributed by atoms with Crippen LogP contribution in [0.4, 0.5) is 4.79 Å². The summed E-state index contributed by atoms with van der Waals surface area (Å²) in [5, 5.41) is 0.444. The average Bonchev–Trinajstić information content (AvgIpc) is 3.04. The van der Waals surface area contributed by atoms with Crippen molar-refractivity contribution in [2.75, 3.05) is 60.7 Å². The Labute approximate surface area is 222 Å². The molecule has 1 fully saturated rings. The van der Waals surface area contributed by atoms with Crippen LogP contribution >= 0.6 is 0 Å². The minimum Gasteiger partial charge on any atom is -0.424 e. The summed E-state index contributed by atoms with van der Waals surface area (Å²) < 4.78 is 30.1. The number of likely N-dealkylation sites (N-methyl/N-ethyl adjacent to an activating group) is 1. The zero-order chi connectivity index (χ0) is 28.7. The Hall–Kier alpha value is -1.79. The normalized spacial score (nSPS) is 15.9. The van der Waals surface area contributed by atoms with Gasteiger partial charge in [0, 0.05) is 12.8 Å². The molecule has 1 heterocycles. The van der Waals surface area contributed by atoms with Gasteiger partial charge in [0.25, 0.3) is 11.8 Å². The van der Waals surface area contributed by atoms with Gasteiger partial charge in [-0.1, -0.05) is 5.06 Å². The molecule has 0 aromatic rings. The van der Waals surface area contributed by atoms with Gasteiger partial charge in [-0.15, -0.1) is 0 Å². The molecule has 1 aliphatic rings. The highest BCUT2D eigenvalue weighted by atomic mass is 16.8. The van der Waals surface area contributed by atoms with Gasteiger partial charge >= 0.3 is 6.16 Å². The van der Waals surface area contributed by atoms with E-state index >= 15 is 0 Å². The first-order chi connectivity index (χ1) is 16.6. The zero-order valence-electron chi connectivity index (χ0n) is 24.7. The van der Waals surface area contributed by atoms with Crippen molar-refractivity contribution < 1.29 is 47.4 Å². The average molecular weight is 534 g/mol. The van der Waals surface area contributed by atoms with Gasteiger partial charge in [0.05, 0.1) is 71.0 Å². The maximum atomic E-state index is 12.1. The van der Waals surface area contributed by atoms with Gasteiger partial charge in [0.15, 0.2) is 0 Å². The lowest BCUT2D eigenvalue weighted by atomic mass is 10.1. The molecule has 11 heteroatoms. The van der Waals surface area contributed by atoms with Crippen molar-refractivity contribution in [2.24, 2.45) is 0 Å². The molecule has 0 N–H and O–H groups in total. The predicted octanol–water partition coefficient (Wildman–Crippen LogP) is 3.09. The third-order valence-electron chi connectivity index (χ3n) is 5.32. The SMILES string of the molecule is CC(C)(COCC[N+](C)(C)C)OCC(C)(C)OCC(C)(C)OCC(C)(C)OC(=O)ON1C(=O)CCC1=O. The highest BCUT2D eigenvalue weighted by molar-refractivity contribution is 6.01. The van der Waals surface area contributed by atoms with Crippen molar-refractivity contribution >= 4 is 18.0 Å². The number of hydroxylamine groups is 2. The molecule has 11 nitrogen and oxygen atoms in total. The van der Waals surface area contributed by atoms with Crippen LogP contribution in [-0.2, 0) is 38.1 Å². The summed E-state index contributed by atoms with van der Waals surface area (Å²) in [5.74, 6) is -1.15. The van der Waals surface area contributed by atoms with Crippen LogP contribution in [0.3, 0.4) is 0 Å². The van der Waals surface area contributed by atoms with E-state index in [1.165, 1.54) is 0 Å². The van der Waals surface area contributed by atoms with Crippen LogP contribution in [-0.4, -0.2) is 111 Å². The molecule has 1 saturated heterocycles. The molecule has 0 atom stereocenters. The third kappa shape index (κ3) is 14.1. The second-order valence-corrected chi connectivity index (χ2v) is 13.0. The fourth-order valence-corrected chi connectivity index (χ4v) is 2.89. The number of ether oxygens (including phenoxy) is 5. The van der Waals surface area contributed by atoms with Gasteiger partial charge in [-0.3, -0.25) is 14.4 Å². The molecule has 0 unspecified atom stereocenters. The number of nitrogens with zero attached hydrogens (tertiary/aromatic N) is 2. The van der Waals surface area contributed by atoms with Crippen LogP contribution in [0.2, 0.25) is 0 Å². The van der Waals surface area contributed by atoms with Crippen LogP contribution in [0.15, 0.2) is 0 Å². The smallest absolute Gasteiger partial charge is 0.424 e. The molecule has 0 saturated carbocycles. The van der Waals surface area contributed by atoms with Crippen LogP contribution in [0.5, 0.6) is 0 Å². The summed E-state index contributed by atoms with van der Waals surface area (Å²) in [6.07, 6.45) is -1.12. The van der Waals surface area contributed by atoms with Gasteiger partial charge in [0.1, 0.15) is 12.1 Å². The second kappa shape index (κ2) is 12.8. The molecule has 1 aliphatic heterocycles. The molecule has 0 spiro atoms. The summed E-state index contributed by atoms with van der Waals surface area (Å²) in [7, 11) is 6.37. The lowest BCUT2D eigenvalue weighted by molar-refractivity contribution is -0.870. The van der Waals surface area contributed by atoms with E-state index < -0.39 is 40.4 Å². The Kier molecular flexibility index (Phi) is 11.5. The number of carbonyl (C=O) groups is 3. The number of hydrogen-bond donors (Lipinski definition) is 0. The van der Waals surface area contributed by atoms with E-state index in [4.69, 9.17) is 28.5 Å². The Balaban J connectivity index is 2.43. The van der Waals surface area contributed by atoms with Gasteiger partial charge in [-0.2, -0.15) is 0 Å². The molecule has 2 amide bonds. The molecule has 37 heavy (non-hydrogen) atoms. The zero-order valence-corrected chi connectivity index (χ0v) is 24.7. The molecule has 216 valence electrons. The summed E-state index contributed by atoms with van der Waals surface area (Å²) >= 11 is 0. The van der Waals surface area contributed by atoms with E-state index in [9.17, 15) is 14.4 Å². The lowest BCUT2D eigenvalue weighted by Gasteiger charge is -2.36. The van der Waals surface area contributed by atoms with Crippen molar-refractivity contribution in [1.29, 1.82) is 0 Å². The van der Waals surface area contributed by atoms with Gasteiger partial charge < -0.3 is 28.2 Å². The van der Waals surface area contributed by atoms with Crippen molar-refractivity contribution in [3.63, 3.8) is 0 Å². The Bertz CT molecular complexity index is 769. The molecule has 0 bridgehead atoms. The summed E-state index contributed by atoms with van der Waals surface area (Å²) in [4.78, 5) is 40.1. The Morgan fingerprint density at radius 2 is 1.14 bits per heavy atom. The van der Waals surface area contributed by atoms with Crippen LogP contribution in [0, 0.1) is 0 Å². The Morgan fingerprint density at radius 3 is 1.57 bits per heavy atom. The first-order valence-electron chi connectivity index (χ1n) is 12.7. The third-order valence-corrected chi connectivity index (χ3v) is 5.32. The quantitative estimate of drug-likeness (QED) is 0.128. The number of amides is 2. The molecule has 0 aliphatic carbocycles. The largest absolute Gasteiger partial charge is 0.534 e. The highest BCUT2D eigenvalue weighted by Gasteiger charge is 2.36. The fraction of sp³-hybridized carbons (Fsp3) is 0.885. The van der Waals surface area contributed by atoms with Crippen molar-refractivity contribution in [3.05, 3.63) is 0 Å². The number of hydrogen-bond acceptors (Lipinski definition) is 9. The van der Waals surface area contributed by atoms with E-state index in [-0.39, 0.29) is 26.1 Å². The minimum atomic E-state index is -1.14. The van der Waals surface area contributed by atoms with Crippen LogP contribution < -0.4 is 0 Å². The molecule has 0 radical (unpaired) electrons. The number of quaternary nitrogens is 1. The van der Waals surface area contributed by atoms with E-state index in [0.717, 1.165) is 11.0 Å². The fourth-order valence-electron chi connectivity index (χ4n) is 2.89. The molecular weight excluding hydrogens is 484 g/mol. The summed E-state index contributed by atoms with van der Waals surface area (Å²) in [6, 6.07) is 0. The van der Waals surface area contributed by atoms with Gasteiger partial charge in [0.2, 0.25) is 0 Å². The Morgan fingerprint density at radius 1 is 0.730 bits per heavy atom. The monoisotopic (exact) mass is 533 g/mol.